The summed E-state index contributed by atoms with van der Waals surface area (Å²) in [6, 6.07) is 0. The number of furan rings is 2. The molecule has 0 radical (unpaired) electrons. The van der Waals surface area contributed by atoms with Crippen LogP contribution in [0.25, 0.3) is 111 Å². The van der Waals surface area contributed by atoms with Crippen LogP contribution in [0.15, 0.2) is 25.3 Å². The van der Waals surface area contributed by atoms with Crippen molar-refractivity contribution < 1.29 is 8.83 Å². The van der Waals surface area contributed by atoms with Gasteiger partial charge in [0.05, 0.1) is 0 Å². The Hall–Kier alpha value is -5.62. The highest BCUT2D eigenvalue weighted by Gasteiger charge is 2.34. The first-order chi connectivity index (χ1) is 40.7. The van der Waals surface area contributed by atoms with Crippen molar-refractivity contribution in [1.82, 2.24) is 19.5 Å². The predicted octanol–water partition coefficient (Wildman–Crippen LogP) is -35.1. The second-order valence-electron chi connectivity index (χ2n) is 27.5. The second kappa shape index (κ2) is 21.0. The molecule has 4 heterocycles. The number of allylic oxidation sites excluding steroid dienone is 4. The van der Waals surface area contributed by atoms with E-state index in [2.05, 4.69) is 240 Å². The fourth-order valence-corrected chi connectivity index (χ4v) is 16.7. The van der Waals surface area contributed by atoms with Crippen molar-refractivity contribution in [2.24, 2.45) is 0 Å². The van der Waals surface area contributed by atoms with Gasteiger partial charge in [0, 0.05) is 55.0 Å². The van der Waals surface area contributed by atoms with Crippen LogP contribution in [0.3, 0.4) is 0 Å². The Balaban J connectivity index is 1.19. The molecule has 0 spiro atoms. The fraction of sp³-hybridized carbons (Fsp3) is 0.0392. The largest absolute Gasteiger partial charge is 0.457 e. The summed E-state index contributed by atoms with van der Waals surface area (Å²) in [5.74, 6) is 2.70. The fourth-order valence-electron chi connectivity index (χ4n) is 16.7. The van der Waals surface area contributed by atoms with Crippen LogP contribution < -0.4 is 137 Å². The molecule has 87 heavy (non-hydrogen) atoms. The van der Waals surface area contributed by atoms with Crippen molar-refractivity contribution in [1.29, 1.82) is 0 Å². The number of benzene rings is 7. The minimum absolute atomic E-state index is 0.329. The first-order valence-electron chi connectivity index (χ1n) is 31.9. The second-order valence-corrected chi connectivity index (χ2v) is 27.5. The highest BCUT2D eigenvalue weighted by atomic mass is 16.3. The standard InChI is InChI=1S/C51H62B30N4O2/c52-12-1(2-14(54)28(68)33(73)29(69)15(2)55)13(53)27(67)23(63)9(12)49-82-50(10-21(61)18(58)5-6-20(60)32(72)36(76)40(80)47(6)86-45(5)25(10)65)84-51(83-49)11-22(62)19(59)7-8-24(64)44(39(79)41(81)48(8)87-46(7)26(11)66)85-42-3(16(56)30(70)34(74)37(42)77)4-17(57)31(71)35(75)38(78)43(4)85/h14,28H,52-81H2. The highest BCUT2D eigenvalue weighted by Crippen LogP contribution is 2.44. The molecule has 388 valence electrons. The van der Waals surface area contributed by atoms with Gasteiger partial charge >= 0.3 is 0 Å². The third kappa shape index (κ3) is 8.13. The molecule has 2 unspecified atom stereocenters. The Kier molecular flexibility index (Phi) is 14.9. The zero-order valence-electron chi connectivity index (χ0n) is 58.3. The Bertz CT molecular complexity index is 5120. The summed E-state index contributed by atoms with van der Waals surface area (Å²) in [5, 5.41) is 7.45. The van der Waals surface area contributed by atoms with Crippen LogP contribution >= 0.6 is 0 Å². The lowest BCUT2D eigenvalue weighted by Crippen LogP contribution is -2.49. The average Bonchev–Trinajstić information content (AvgIpc) is 1.59. The number of rotatable bonds is 5. The van der Waals surface area contributed by atoms with Crippen molar-refractivity contribution in [2.75, 3.05) is 0 Å². The van der Waals surface area contributed by atoms with Crippen LogP contribution in [-0.4, -0.2) is 255 Å². The number of nitrogens with zero attached hydrogens (tertiary/aromatic N) is 4. The van der Waals surface area contributed by atoms with Crippen molar-refractivity contribution >= 4 is 443 Å². The van der Waals surface area contributed by atoms with Gasteiger partial charge in [0.15, 0.2) is 17.5 Å². The van der Waals surface area contributed by atoms with Crippen LogP contribution in [0.1, 0.15) is 5.56 Å². The molecule has 1 aliphatic rings. The highest BCUT2D eigenvalue weighted by molar-refractivity contribution is 6.74. The molecular weight excluding hydrogens is 1020 g/mol. The Morgan fingerprint density at radius 2 is 0.552 bits per heavy atom. The quantitative estimate of drug-likeness (QED) is 0.161. The Morgan fingerprint density at radius 1 is 0.253 bits per heavy atom. The molecule has 0 bridgehead atoms. The molecule has 12 rings (SSSR count). The van der Waals surface area contributed by atoms with Crippen molar-refractivity contribution in [2.45, 2.75) is 11.6 Å². The molecule has 2 atom stereocenters. The molecule has 7 aromatic carbocycles. The summed E-state index contributed by atoms with van der Waals surface area (Å²) >= 11 is 0. The molecule has 0 saturated carbocycles. The van der Waals surface area contributed by atoms with Gasteiger partial charge in [-0.25, -0.2) is 15.0 Å². The smallest absolute Gasteiger partial charge is 0.163 e. The maximum Gasteiger partial charge on any atom is 0.163 e. The number of fused-ring (bicyclic) bond motifs is 9. The molecular formula is C51H62B30N4O2. The van der Waals surface area contributed by atoms with Gasteiger partial charge in [0.1, 0.15) is 258 Å². The third-order valence-electron chi connectivity index (χ3n) is 24.1. The van der Waals surface area contributed by atoms with Crippen molar-refractivity contribution in [3.8, 4) is 39.9 Å². The molecule has 1 aliphatic carbocycles. The molecule has 0 aliphatic heterocycles. The van der Waals surface area contributed by atoms with Crippen LogP contribution in [0.2, 0.25) is 11.6 Å². The molecule has 0 fully saturated rings. The lowest BCUT2D eigenvalue weighted by molar-refractivity contribution is 0.674. The molecule has 0 amide bonds. The van der Waals surface area contributed by atoms with E-state index in [0.717, 1.165) is 77.2 Å². The van der Waals surface area contributed by atoms with Gasteiger partial charge in [-0.15, -0.1) is 32.8 Å². The zero-order valence-corrected chi connectivity index (χ0v) is 58.3. The van der Waals surface area contributed by atoms with Gasteiger partial charge in [0.2, 0.25) is 0 Å². The minimum atomic E-state index is 0.329. The van der Waals surface area contributed by atoms with E-state index in [0.29, 0.717) is 29.1 Å². The van der Waals surface area contributed by atoms with Gasteiger partial charge in [-0.3, -0.25) is 0 Å². The minimum Gasteiger partial charge on any atom is -0.457 e. The van der Waals surface area contributed by atoms with Gasteiger partial charge in [-0.1, -0.05) is 121 Å². The lowest BCUT2D eigenvalue weighted by atomic mass is 9.46. The van der Waals surface area contributed by atoms with E-state index in [-0.39, 0.29) is 0 Å². The monoisotopic (exact) mass is 1090 g/mol. The SMILES string of the molecule is BC1=C(B)C(B)C(B)C(c2c(B)c(B)c(B)c(-c3nc(-c4c(B)c(B)c5c(oc6c(B)c(B)c(B)c(B)c65)c4B)nc(-c4c(B)c(B)c5c(oc6c(B)c(B)c(-n7c8c(B)c(B)c(B)c(B)c8c8c(B)c(B)c(B)c(B)c87)c(B)c65)c4B)n3)c2B)=C1B. The summed E-state index contributed by atoms with van der Waals surface area (Å²) in [4.78, 5) is 17.3. The van der Waals surface area contributed by atoms with Crippen molar-refractivity contribution in [3.05, 3.63) is 22.0 Å². The summed E-state index contributed by atoms with van der Waals surface area (Å²) in [5.41, 5.74) is 48.7. The van der Waals surface area contributed by atoms with E-state index in [1.165, 1.54) is 175 Å². The van der Waals surface area contributed by atoms with E-state index in [4.69, 9.17) is 23.8 Å². The molecule has 0 N–H and O–H groups in total. The van der Waals surface area contributed by atoms with Crippen LogP contribution in [-0.2, 0) is 0 Å². The molecule has 6 nitrogen and oxygen atoms in total. The first-order valence-corrected chi connectivity index (χ1v) is 31.9. The number of hydrogen-bond acceptors (Lipinski definition) is 5. The van der Waals surface area contributed by atoms with Crippen LogP contribution in [0.4, 0.5) is 0 Å². The van der Waals surface area contributed by atoms with E-state index in [1.807, 2.05) is 0 Å². The van der Waals surface area contributed by atoms with Gasteiger partial charge in [0.25, 0.3) is 0 Å². The van der Waals surface area contributed by atoms with Crippen LogP contribution in [0.5, 0.6) is 0 Å². The van der Waals surface area contributed by atoms with E-state index in [1.54, 1.807) is 0 Å². The molecule has 11 aromatic rings. The molecule has 36 heteroatoms. The normalized spacial score (nSPS) is 14.8. The maximum atomic E-state index is 7.47. The third-order valence-corrected chi connectivity index (χ3v) is 24.1. The van der Waals surface area contributed by atoms with Gasteiger partial charge < -0.3 is 13.4 Å². The maximum absolute atomic E-state index is 7.47. The average molecular weight is 1090 g/mol. The van der Waals surface area contributed by atoms with Gasteiger partial charge in [-0.05, 0) is 33.1 Å². The number of hydrogen-bond donors (Lipinski definition) is 0. The summed E-state index contributed by atoms with van der Waals surface area (Å²) in [7, 11) is 68.9. The Labute approximate surface area is 541 Å². The first kappa shape index (κ1) is 61.6. The van der Waals surface area contributed by atoms with E-state index >= 15 is 0 Å². The van der Waals surface area contributed by atoms with Crippen molar-refractivity contribution in [3.63, 3.8) is 0 Å². The molecule has 0 saturated heterocycles. The number of aromatic nitrogens is 4. The lowest BCUT2D eigenvalue weighted by Gasteiger charge is -2.37. The van der Waals surface area contributed by atoms with E-state index < -0.39 is 0 Å². The van der Waals surface area contributed by atoms with E-state index in [9.17, 15) is 0 Å². The summed E-state index contributed by atoms with van der Waals surface area (Å²) in [6.07, 6.45) is 0. The van der Waals surface area contributed by atoms with Gasteiger partial charge in [-0.2, -0.15) is 0 Å². The topological polar surface area (TPSA) is 69.9 Å². The summed E-state index contributed by atoms with van der Waals surface area (Å²) < 4.78 is 17.3. The molecule has 4 aromatic heterocycles. The van der Waals surface area contributed by atoms with Crippen LogP contribution in [0, 0.1) is 0 Å². The Morgan fingerprint density at radius 3 is 0.977 bits per heavy atom. The summed E-state index contributed by atoms with van der Waals surface area (Å²) in [6.45, 7) is 0. The zero-order chi connectivity index (χ0) is 63.6. The predicted molar refractivity (Wildman–Crippen MR) is 474 cm³/mol.